The van der Waals surface area contributed by atoms with Crippen molar-refractivity contribution in [1.29, 1.82) is 0 Å². The minimum atomic E-state index is -4.68. The largest absolute Gasteiger partial charge is 0.428 e. The van der Waals surface area contributed by atoms with Crippen molar-refractivity contribution in [2.75, 3.05) is 7.05 Å². The Morgan fingerprint density at radius 3 is 2.68 bits per heavy atom. The number of carbonyl (C=O) groups is 1. The third-order valence-electron chi connectivity index (χ3n) is 4.68. The number of carbonyl (C=O) groups excluding carboxylic acids is 1. The monoisotopic (exact) mass is 352 g/mol. The van der Waals surface area contributed by atoms with Crippen molar-refractivity contribution in [3.05, 3.63) is 47.7 Å². The van der Waals surface area contributed by atoms with E-state index >= 15 is 0 Å². The summed E-state index contributed by atoms with van der Waals surface area (Å²) in [5.74, 6) is 0.224. The molecule has 1 aliphatic heterocycles. The van der Waals surface area contributed by atoms with E-state index in [1.165, 1.54) is 7.05 Å². The predicted octanol–water partition coefficient (Wildman–Crippen LogP) is 2.93. The molecule has 4 nitrogen and oxygen atoms in total. The highest BCUT2D eigenvalue weighted by Crippen LogP contribution is 2.31. The lowest BCUT2D eigenvalue weighted by molar-refractivity contribution is -0.249. The quantitative estimate of drug-likeness (QED) is 0.795. The molecule has 3 atom stereocenters. The number of aliphatic imine (C=N–C) groups is 1. The molecule has 25 heavy (non-hydrogen) atoms. The fraction of sp³-hybridized carbons (Fsp3) is 0.444. The zero-order chi connectivity index (χ0) is 18.2. The molecule has 3 aliphatic rings. The van der Waals surface area contributed by atoms with Crippen LogP contribution < -0.4 is 0 Å². The molecule has 0 bridgehead atoms. The third kappa shape index (κ3) is 3.82. The average molecular weight is 352 g/mol. The van der Waals surface area contributed by atoms with Gasteiger partial charge in [0.1, 0.15) is 5.78 Å². The standard InChI is InChI=1S/C18H19F3N2O2/c1-23(17(25)18(19,20)21)13-5-2-11(3-6-13)15-8-4-12-10-14(24)7-9-16(12)22-15/h2-5,8-9,12-13,17,25H,6-7,10H2,1H3. The number of rotatable bonds is 3. The fourth-order valence-corrected chi connectivity index (χ4v) is 3.16. The van der Waals surface area contributed by atoms with Crippen LogP contribution in [0.3, 0.4) is 0 Å². The van der Waals surface area contributed by atoms with Gasteiger partial charge in [-0.15, -0.1) is 0 Å². The number of fused-ring (bicyclic) bond motifs is 1. The first kappa shape index (κ1) is 17.8. The molecule has 0 amide bonds. The van der Waals surface area contributed by atoms with Crippen LogP contribution >= 0.6 is 0 Å². The molecule has 2 aliphatic carbocycles. The molecule has 1 heterocycles. The minimum absolute atomic E-state index is 0.0268. The van der Waals surface area contributed by atoms with Gasteiger partial charge in [0.2, 0.25) is 6.23 Å². The van der Waals surface area contributed by atoms with Crippen molar-refractivity contribution in [3.63, 3.8) is 0 Å². The lowest BCUT2D eigenvalue weighted by Gasteiger charge is -2.32. The van der Waals surface area contributed by atoms with Crippen LogP contribution in [0, 0.1) is 5.92 Å². The van der Waals surface area contributed by atoms with E-state index in [1.807, 2.05) is 24.3 Å². The van der Waals surface area contributed by atoms with E-state index in [-0.39, 0.29) is 11.7 Å². The van der Waals surface area contributed by atoms with Gasteiger partial charge in [-0.1, -0.05) is 30.4 Å². The van der Waals surface area contributed by atoms with E-state index in [9.17, 15) is 23.1 Å². The zero-order valence-corrected chi connectivity index (χ0v) is 13.7. The van der Waals surface area contributed by atoms with Crippen LogP contribution in [0.5, 0.6) is 0 Å². The number of likely N-dealkylation sites (N-methyl/N-ethyl adjacent to an activating group) is 1. The smallest absolute Gasteiger partial charge is 0.370 e. The molecule has 0 aromatic heterocycles. The Kier molecular flexibility index (Phi) is 4.79. The molecular weight excluding hydrogens is 333 g/mol. The lowest BCUT2D eigenvalue weighted by atomic mass is 9.88. The van der Waals surface area contributed by atoms with E-state index in [0.29, 0.717) is 19.3 Å². The second-order valence-corrected chi connectivity index (χ2v) is 6.44. The first-order valence-corrected chi connectivity index (χ1v) is 8.10. The normalized spacial score (nSPS) is 27.6. The van der Waals surface area contributed by atoms with Crippen molar-refractivity contribution in [1.82, 2.24) is 4.90 Å². The van der Waals surface area contributed by atoms with Gasteiger partial charge >= 0.3 is 6.18 Å². The summed E-state index contributed by atoms with van der Waals surface area (Å²) in [6.45, 7) is 0. The highest BCUT2D eigenvalue weighted by Gasteiger charge is 2.42. The summed E-state index contributed by atoms with van der Waals surface area (Å²) in [4.78, 5) is 17.0. The predicted molar refractivity (Wildman–Crippen MR) is 87.8 cm³/mol. The topological polar surface area (TPSA) is 52.9 Å². The molecule has 0 fully saturated rings. The average Bonchev–Trinajstić information content (AvgIpc) is 2.59. The number of aliphatic hydroxyl groups is 1. The van der Waals surface area contributed by atoms with Crippen molar-refractivity contribution in [2.45, 2.75) is 37.7 Å². The molecular formula is C18H19F3N2O2. The summed E-state index contributed by atoms with van der Waals surface area (Å²) in [5, 5.41) is 9.35. The number of allylic oxidation sites excluding steroid dienone is 5. The highest BCUT2D eigenvalue weighted by molar-refractivity contribution is 6.11. The second-order valence-electron chi connectivity index (χ2n) is 6.44. The van der Waals surface area contributed by atoms with Gasteiger partial charge < -0.3 is 5.11 Å². The van der Waals surface area contributed by atoms with Crippen LogP contribution in [-0.2, 0) is 4.79 Å². The van der Waals surface area contributed by atoms with Crippen molar-refractivity contribution >= 4 is 11.5 Å². The Labute approximate surface area is 143 Å². The molecule has 0 spiro atoms. The fourth-order valence-electron chi connectivity index (χ4n) is 3.16. The number of alkyl halides is 3. The molecule has 134 valence electrons. The maximum atomic E-state index is 12.6. The highest BCUT2D eigenvalue weighted by atomic mass is 19.4. The molecule has 3 rings (SSSR count). The van der Waals surface area contributed by atoms with Crippen LogP contribution in [0.1, 0.15) is 19.3 Å². The lowest BCUT2D eigenvalue weighted by Crippen LogP contribution is -2.48. The Morgan fingerprint density at radius 2 is 2.04 bits per heavy atom. The number of hydrogen-bond acceptors (Lipinski definition) is 4. The molecule has 1 N–H and O–H groups in total. The molecule has 7 heteroatoms. The summed E-state index contributed by atoms with van der Waals surface area (Å²) in [6, 6.07) is -0.534. The first-order valence-electron chi connectivity index (χ1n) is 8.10. The molecule has 0 saturated heterocycles. The van der Waals surface area contributed by atoms with Gasteiger partial charge in [0, 0.05) is 30.5 Å². The van der Waals surface area contributed by atoms with Gasteiger partial charge in [0.15, 0.2) is 0 Å². The third-order valence-corrected chi connectivity index (χ3v) is 4.68. The minimum Gasteiger partial charge on any atom is -0.370 e. The Bertz CT molecular complexity index is 716. The Hall–Kier alpha value is -1.99. The van der Waals surface area contributed by atoms with E-state index in [2.05, 4.69) is 4.99 Å². The van der Waals surface area contributed by atoms with E-state index in [1.54, 1.807) is 12.2 Å². The maximum Gasteiger partial charge on any atom is 0.428 e. The van der Waals surface area contributed by atoms with Crippen LogP contribution in [0.25, 0.3) is 0 Å². The molecule has 0 saturated carbocycles. The summed E-state index contributed by atoms with van der Waals surface area (Å²) in [6.07, 6.45) is 4.88. The number of ketones is 1. The zero-order valence-electron chi connectivity index (χ0n) is 13.7. The van der Waals surface area contributed by atoms with Crippen molar-refractivity contribution < 1.29 is 23.1 Å². The van der Waals surface area contributed by atoms with Gasteiger partial charge in [0.05, 0.1) is 5.71 Å². The summed E-state index contributed by atoms with van der Waals surface area (Å²) in [7, 11) is 1.25. The van der Waals surface area contributed by atoms with Gasteiger partial charge in [0.25, 0.3) is 0 Å². The Balaban J connectivity index is 1.69. The van der Waals surface area contributed by atoms with Gasteiger partial charge in [-0.3, -0.25) is 14.7 Å². The van der Waals surface area contributed by atoms with Crippen molar-refractivity contribution in [3.8, 4) is 0 Å². The van der Waals surface area contributed by atoms with Crippen LogP contribution in [-0.4, -0.2) is 47.0 Å². The molecule has 0 aromatic rings. The molecule has 0 aromatic carbocycles. The summed E-state index contributed by atoms with van der Waals surface area (Å²) < 4.78 is 37.9. The molecule has 3 unspecified atom stereocenters. The molecule has 0 radical (unpaired) electrons. The van der Waals surface area contributed by atoms with Crippen molar-refractivity contribution in [2.24, 2.45) is 10.9 Å². The van der Waals surface area contributed by atoms with Crippen LogP contribution in [0.15, 0.2) is 52.7 Å². The first-order chi connectivity index (χ1) is 11.8. The Morgan fingerprint density at radius 1 is 1.28 bits per heavy atom. The number of halogens is 3. The number of aliphatic hydroxyl groups excluding tert-OH is 1. The number of Topliss-reactive ketones (excluding diaryl/α,β-unsaturated/α-hetero) is 1. The van der Waals surface area contributed by atoms with E-state index < -0.39 is 18.4 Å². The number of dihydropyridines is 1. The van der Waals surface area contributed by atoms with E-state index in [4.69, 9.17) is 0 Å². The van der Waals surface area contributed by atoms with Crippen LogP contribution in [0.2, 0.25) is 0 Å². The summed E-state index contributed by atoms with van der Waals surface area (Å²) in [5.41, 5.74) is 2.45. The van der Waals surface area contributed by atoms with Gasteiger partial charge in [-0.05, 0) is 25.1 Å². The SMILES string of the molecule is CN(C1C=CC(C2=NC3=CCC(=O)CC3C=C2)=CC1)C(O)C(F)(F)F. The van der Waals surface area contributed by atoms with E-state index in [0.717, 1.165) is 21.9 Å². The maximum absolute atomic E-state index is 12.6. The summed E-state index contributed by atoms with van der Waals surface area (Å²) >= 11 is 0. The van der Waals surface area contributed by atoms with Gasteiger partial charge in [-0.2, -0.15) is 13.2 Å². The number of nitrogens with zero attached hydrogens (tertiary/aromatic N) is 2. The van der Waals surface area contributed by atoms with Gasteiger partial charge in [-0.25, -0.2) is 0 Å². The van der Waals surface area contributed by atoms with Crippen LogP contribution in [0.4, 0.5) is 13.2 Å². The second kappa shape index (κ2) is 6.72. The number of hydrogen-bond donors (Lipinski definition) is 1.